The zero-order valence-electron chi connectivity index (χ0n) is 10.5. The normalized spacial score (nSPS) is 10.9. The van der Waals surface area contributed by atoms with Crippen molar-refractivity contribution in [2.24, 2.45) is 5.41 Å². The molecule has 1 rings (SSSR count). The molecule has 0 bridgehead atoms. The van der Waals surface area contributed by atoms with Gasteiger partial charge in [-0.25, -0.2) is 0 Å². The molecule has 0 aromatic heterocycles. The monoisotopic (exact) mass is 342 g/mol. The van der Waals surface area contributed by atoms with E-state index in [9.17, 15) is 0 Å². The highest BCUT2D eigenvalue weighted by molar-refractivity contribution is 14.1. The zero-order valence-corrected chi connectivity index (χ0v) is 12.6. The smallest absolute Gasteiger partial charge is 0.0683 e. The molecule has 1 N–H and O–H groups in total. The van der Waals surface area contributed by atoms with E-state index in [1.54, 1.807) is 0 Å². The molecule has 0 atom stereocenters. The summed E-state index contributed by atoms with van der Waals surface area (Å²) >= 11 is 2.31. The summed E-state index contributed by atoms with van der Waals surface area (Å²) in [6.07, 6.45) is 3.17. The van der Waals surface area contributed by atoms with Crippen molar-refractivity contribution in [1.29, 1.82) is 5.26 Å². The minimum atomic E-state index is -0.178. The molecule has 0 radical (unpaired) electrons. The summed E-state index contributed by atoms with van der Waals surface area (Å²) in [6.45, 7) is 4.97. The van der Waals surface area contributed by atoms with E-state index in [4.69, 9.17) is 5.26 Å². The van der Waals surface area contributed by atoms with Gasteiger partial charge >= 0.3 is 0 Å². The standard InChI is InChI=1S/C14H19IN2/c1-14(2,11-16)8-3-4-9-17-13-7-5-6-12(15)10-13/h5-7,10,17H,3-4,8-9H2,1-2H3. The Morgan fingerprint density at radius 2 is 2.12 bits per heavy atom. The summed E-state index contributed by atoms with van der Waals surface area (Å²) in [5, 5.41) is 12.3. The molecule has 0 saturated heterocycles. The van der Waals surface area contributed by atoms with Gasteiger partial charge in [-0.1, -0.05) is 12.5 Å². The molecule has 2 nitrogen and oxygen atoms in total. The molecule has 0 heterocycles. The Morgan fingerprint density at radius 1 is 1.35 bits per heavy atom. The van der Waals surface area contributed by atoms with Gasteiger partial charge < -0.3 is 5.32 Å². The van der Waals surface area contributed by atoms with Gasteiger partial charge in [-0.3, -0.25) is 0 Å². The van der Waals surface area contributed by atoms with Gasteiger partial charge in [0, 0.05) is 15.8 Å². The van der Waals surface area contributed by atoms with Gasteiger partial charge in [0.2, 0.25) is 0 Å². The number of nitriles is 1. The van der Waals surface area contributed by atoms with Crippen molar-refractivity contribution in [2.75, 3.05) is 11.9 Å². The minimum Gasteiger partial charge on any atom is -0.385 e. The van der Waals surface area contributed by atoms with Crippen LogP contribution in [0.1, 0.15) is 33.1 Å². The predicted molar refractivity (Wildman–Crippen MR) is 80.9 cm³/mol. The van der Waals surface area contributed by atoms with Crippen LogP contribution >= 0.6 is 22.6 Å². The third-order valence-corrected chi connectivity index (χ3v) is 3.36. The fourth-order valence-electron chi connectivity index (χ4n) is 1.58. The summed E-state index contributed by atoms with van der Waals surface area (Å²) in [7, 11) is 0. The van der Waals surface area contributed by atoms with E-state index in [0.717, 1.165) is 25.8 Å². The van der Waals surface area contributed by atoms with Gasteiger partial charge in [0.25, 0.3) is 0 Å². The molecule has 92 valence electrons. The number of halogens is 1. The van der Waals surface area contributed by atoms with Gasteiger partial charge in [-0.2, -0.15) is 5.26 Å². The third kappa shape index (κ3) is 5.92. The van der Waals surface area contributed by atoms with Crippen molar-refractivity contribution in [2.45, 2.75) is 33.1 Å². The lowest BCUT2D eigenvalue weighted by Crippen LogP contribution is -2.09. The Kier molecular flexibility index (Phi) is 5.76. The van der Waals surface area contributed by atoms with Gasteiger partial charge in [0.15, 0.2) is 0 Å². The molecule has 0 spiro atoms. The van der Waals surface area contributed by atoms with E-state index in [0.29, 0.717) is 0 Å². The van der Waals surface area contributed by atoms with Crippen molar-refractivity contribution in [1.82, 2.24) is 0 Å². The minimum absolute atomic E-state index is 0.178. The molecule has 0 aliphatic carbocycles. The van der Waals surface area contributed by atoms with Crippen molar-refractivity contribution in [3.05, 3.63) is 27.8 Å². The summed E-state index contributed by atoms with van der Waals surface area (Å²) in [5.41, 5.74) is 0.999. The fourth-order valence-corrected chi connectivity index (χ4v) is 2.12. The average Bonchev–Trinajstić information content (AvgIpc) is 2.29. The Morgan fingerprint density at radius 3 is 2.76 bits per heavy atom. The molecule has 17 heavy (non-hydrogen) atoms. The van der Waals surface area contributed by atoms with Crippen molar-refractivity contribution in [3.8, 4) is 6.07 Å². The molecule has 0 fully saturated rings. The second kappa shape index (κ2) is 6.85. The largest absolute Gasteiger partial charge is 0.385 e. The SMILES string of the molecule is CC(C)(C#N)CCCCNc1cccc(I)c1. The van der Waals surface area contributed by atoms with Gasteiger partial charge in [-0.05, 0) is 67.5 Å². The summed E-state index contributed by atoms with van der Waals surface area (Å²) in [4.78, 5) is 0. The van der Waals surface area contributed by atoms with E-state index < -0.39 is 0 Å². The van der Waals surface area contributed by atoms with Gasteiger partial charge in [0.1, 0.15) is 0 Å². The van der Waals surface area contributed by atoms with Crippen LogP contribution in [0.2, 0.25) is 0 Å². The average molecular weight is 342 g/mol. The Labute approximate surface area is 118 Å². The molecular weight excluding hydrogens is 323 g/mol. The first-order valence-electron chi connectivity index (χ1n) is 5.94. The van der Waals surface area contributed by atoms with Crippen molar-refractivity contribution >= 4 is 28.3 Å². The fraction of sp³-hybridized carbons (Fsp3) is 0.500. The molecular formula is C14H19IN2. The first kappa shape index (κ1) is 14.3. The van der Waals surface area contributed by atoms with Crippen LogP contribution in [-0.2, 0) is 0 Å². The second-order valence-corrected chi connectivity index (χ2v) is 6.14. The van der Waals surface area contributed by atoms with Crippen molar-refractivity contribution in [3.63, 3.8) is 0 Å². The highest BCUT2D eigenvalue weighted by Crippen LogP contribution is 2.21. The predicted octanol–water partition coefficient (Wildman–Crippen LogP) is 4.42. The van der Waals surface area contributed by atoms with Crippen LogP contribution in [0.25, 0.3) is 0 Å². The van der Waals surface area contributed by atoms with Crippen LogP contribution < -0.4 is 5.32 Å². The van der Waals surface area contributed by atoms with E-state index in [1.807, 2.05) is 13.8 Å². The second-order valence-electron chi connectivity index (χ2n) is 4.89. The summed E-state index contributed by atoms with van der Waals surface area (Å²) < 4.78 is 1.25. The number of unbranched alkanes of at least 4 members (excludes halogenated alkanes) is 1. The lowest BCUT2D eigenvalue weighted by Gasteiger charge is -2.14. The number of benzene rings is 1. The topological polar surface area (TPSA) is 35.8 Å². The first-order chi connectivity index (χ1) is 8.03. The van der Waals surface area contributed by atoms with E-state index in [2.05, 4.69) is 58.2 Å². The molecule has 1 aromatic carbocycles. The lowest BCUT2D eigenvalue weighted by molar-refractivity contribution is 0.430. The zero-order chi connectivity index (χ0) is 12.7. The molecule has 0 saturated carbocycles. The quantitative estimate of drug-likeness (QED) is 0.613. The maximum atomic E-state index is 8.89. The van der Waals surface area contributed by atoms with Crippen LogP contribution in [0.3, 0.4) is 0 Å². The maximum absolute atomic E-state index is 8.89. The molecule has 0 unspecified atom stereocenters. The van der Waals surface area contributed by atoms with Crippen LogP contribution in [0.4, 0.5) is 5.69 Å². The van der Waals surface area contributed by atoms with Crippen LogP contribution in [-0.4, -0.2) is 6.54 Å². The Balaban J connectivity index is 2.19. The van der Waals surface area contributed by atoms with Gasteiger partial charge in [-0.15, -0.1) is 0 Å². The number of anilines is 1. The van der Waals surface area contributed by atoms with Crippen molar-refractivity contribution < 1.29 is 0 Å². The number of rotatable bonds is 6. The lowest BCUT2D eigenvalue weighted by atomic mass is 9.89. The molecule has 1 aromatic rings. The van der Waals surface area contributed by atoms with Crippen LogP contribution in [0, 0.1) is 20.3 Å². The number of nitrogens with zero attached hydrogens (tertiary/aromatic N) is 1. The maximum Gasteiger partial charge on any atom is 0.0683 e. The highest BCUT2D eigenvalue weighted by Gasteiger charge is 2.15. The molecule has 0 aliphatic heterocycles. The molecule has 0 amide bonds. The van der Waals surface area contributed by atoms with Gasteiger partial charge in [0.05, 0.1) is 11.5 Å². The summed E-state index contributed by atoms with van der Waals surface area (Å²) in [5.74, 6) is 0. The van der Waals surface area contributed by atoms with E-state index in [-0.39, 0.29) is 5.41 Å². The van der Waals surface area contributed by atoms with Crippen LogP contribution in [0.5, 0.6) is 0 Å². The molecule has 3 heteroatoms. The van der Waals surface area contributed by atoms with E-state index >= 15 is 0 Å². The molecule has 0 aliphatic rings. The number of hydrogen-bond donors (Lipinski definition) is 1. The number of hydrogen-bond acceptors (Lipinski definition) is 2. The summed E-state index contributed by atoms with van der Waals surface area (Å²) in [6, 6.07) is 10.7. The third-order valence-electron chi connectivity index (χ3n) is 2.68. The Hall–Kier alpha value is -0.760. The highest BCUT2D eigenvalue weighted by atomic mass is 127. The van der Waals surface area contributed by atoms with E-state index in [1.165, 1.54) is 9.26 Å². The number of nitrogens with one attached hydrogen (secondary N) is 1. The Bertz CT molecular complexity index is 393. The van der Waals surface area contributed by atoms with Crippen LogP contribution in [0.15, 0.2) is 24.3 Å². The first-order valence-corrected chi connectivity index (χ1v) is 7.02.